The second kappa shape index (κ2) is 8.25. The number of aliphatic carboxylic acids is 1. The van der Waals surface area contributed by atoms with E-state index in [0.717, 1.165) is 0 Å². The van der Waals surface area contributed by atoms with Gasteiger partial charge in [-0.1, -0.05) is 30.3 Å². The van der Waals surface area contributed by atoms with Crippen molar-refractivity contribution in [2.75, 3.05) is 0 Å². The third-order valence-corrected chi connectivity index (χ3v) is 3.30. The van der Waals surface area contributed by atoms with Gasteiger partial charge in [0.25, 0.3) is 0 Å². The summed E-state index contributed by atoms with van der Waals surface area (Å²) in [6.45, 7) is -1.39. The van der Waals surface area contributed by atoms with Crippen molar-refractivity contribution in [1.29, 1.82) is 0 Å². The summed E-state index contributed by atoms with van der Waals surface area (Å²) in [7, 11) is 0. The van der Waals surface area contributed by atoms with E-state index in [1.165, 1.54) is 0 Å². The van der Waals surface area contributed by atoms with Gasteiger partial charge in [0, 0.05) is 0 Å². The van der Waals surface area contributed by atoms with Crippen molar-refractivity contribution in [3.8, 4) is 0 Å². The molecule has 0 aliphatic rings. The molecule has 8 heteroatoms. The number of rotatable bonds is 9. The molecule has 0 heterocycles. The molecule has 8 nitrogen and oxygen atoms in total. The standard InChI is InChI=1S/C15H21N3O5/c16-11(12(17)19)7-4-8-15(18,13(20)21)14(22)23-9-10-5-2-1-3-6-10/h1-3,5-6,11H,4,7-9,16,18H2,(H2,17,19)(H,20,21)/i9D. The molecule has 1 rings (SSSR count). The fraction of sp³-hybridized carbons (Fsp3) is 0.400. The average molecular weight is 324 g/mol. The number of esters is 1. The van der Waals surface area contributed by atoms with Crippen molar-refractivity contribution in [3.05, 3.63) is 35.9 Å². The second-order valence-corrected chi connectivity index (χ2v) is 5.11. The van der Waals surface area contributed by atoms with Gasteiger partial charge in [-0.05, 0) is 24.8 Å². The summed E-state index contributed by atoms with van der Waals surface area (Å²) in [6, 6.07) is 7.22. The molecule has 3 unspecified atom stereocenters. The lowest BCUT2D eigenvalue weighted by molar-refractivity contribution is -0.162. The van der Waals surface area contributed by atoms with Crippen molar-refractivity contribution in [3.63, 3.8) is 0 Å². The molecule has 1 aromatic carbocycles. The first-order valence-electron chi connectivity index (χ1n) is 7.51. The van der Waals surface area contributed by atoms with Crippen LogP contribution in [0.4, 0.5) is 0 Å². The number of carbonyl (C=O) groups excluding carboxylic acids is 2. The van der Waals surface area contributed by atoms with E-state index >= 15 is 0 Å². The minimum absolute atomic E-state index is 0.0794. The molecule has 3 atom stereocenters. The van der Waals surface area contributed by atoms with Gasteiger partial charge in [0.15, 0.2) is 0 Å². The van der Waals surface area contributed by atoms with Gasteiger partial charge in [0.2, 0.25) is 11.4 Å². The first-order valence-corrected chi connectivity index (χ1v) is 6.94. The number of hydrogen-bond donors (Lipinski definition) is 4. The summed E-state index contributed by atoms with van der Waals surface area (Å²) in [5.41, 5.74) is 14.2. The smallest absolute Gasteiger partial charge is 0.338 e. The van der Waals surface area contributed by atoms with Gasteiger partial charge in [-0.25, -0.2) is 9.59 Å². The summed E-state index contributed by atoms with van der Waals surface area (Å²) in [6.07, 6.45) is -0.141. The number of primary amides is 1. The summed E-state index contributed by atoms with van der Waals surface area (Å²) in [5, 5.41) is 9.25. The Bertz CT molecular complexity index is 598. The molecule has 0 saturated carbocycles. The predicted molar refractivity (Wildman–Crippen MR) is 81.8 cm³/mol. The van der Waals surface area contributed by atoms with Crippen LogP contribution in [0.1, 0.15) is 26.2 Å². The monoisotopic (exact) mass is 324 g/mol. The fourth-order valence-electron chi connectivity index (χ4n) is 1.80. The molecular weight excluding hydrogens is 302 g/mol. The number of amides is 1. The van der Waals surface area contributed by atoms with Gasteiger partial charge in [-0.15, -0.1) is 0 Å². The van der Waals surface area contributed by atoms with E-state index in [0.29, 0.717) is 5.56 Å². The van der Waals surface area contributed by atoms with Crippen molar-refractivity contribution in [2.45, 2.75) is 37.4 Å². The maximum absolute atomic E-state index is 12.1. The first kappa shape index (κ1) is 16.9. The number of carboxylic acid groups (broad SMARTS) is 1. The fourth-order valence-corrected chi connectivity index (χ4v) is 1.80. The summed E-state index contributed by atoms with van der Waals surface area (Å²) >= 11 is 0. The first-order chi connectivity index (χ1) is 11.2. The molecule has 0 aliphatic carbocycles. The van der Waals surface area contributed by atoms with Gasteiger partial charge < -0.3 is 27.0 Å². The molecule has 0 aromatic heterocycles. The van der Waals surface area contributed by atoms with Crippen LogP contribution in [0.5, 0.6) is 0 Å². The third-order valence-electron chi connectivity index (χ3n) is 3.30. The van der Waals surface area contributed by atoms with Crippen molar-refractivity contribution in [2.24, 2.45) is 17.2 Å². The molecule has 23 heavy (non-hydrogen) atoms. The molecule has 0 saturated heterocycles. The van der Waals surface area contributed by atoms with Crippen molar-refractivity contribution < 1.29 is 25.6 Å². The Morgan fingerprint density at radius 2 is 1.91 bits per heavy atom. The number of carbonyl (C=O) groups is 3. The van der Waals surface area contributed by atoms with Crippen molar-refractivity contribution in [1.82, 2.24) is 0 Å². The minimum atomic E-state index is -2.33. The average Bonchev–Trinajstić information content (AvgIpc) is 2.54. The van der Waals surface area contributed by atoms with Gasteiger partial charge in [-0.2, -0.15) is 0 Å². The molecule has 0 spiro atoms. The summed E-state index contributed by atoms with van der Waals surface area (Å²) in [5.74, 6) is -3.54. The Kier molecular flexibility index (Phi) is 6.07. The van der Waals surface area contributed by atoms with Crippen LogP contribution in [0, 0.1) is 0 Å². The Hall–Kier alpha value is -2.45. The van der Waals surface area contributed by atoms with Gasteiger partial charge in [0.05, 0.1) is 7.41 Å². The van der Waals surface area contributed by atoms with Crippen LogP contribution in [0.3, 0.4) is 0 Å². The van der Waals surface area contributed by atoms with Crippen LogP contribution in [-0.4, -0.2) is 34.5 Å². The zero-order valence-electron chi connectivity index (χ0n) is 13.5. The Balaban J connectivity index is 2.73. The SMILES string of the molecule is [2H]C(OC(=O)C(N)(CCCC(N)C(N)=O)C(=O)O)c1ccccc1. The molecule has 0 radical (unpaired) electrons. The van der Waals surface area contributed by atoms with Gasteiger partial charge in [-0.3, -0.25) is 4.79 Å². The number of ether oxygens (including phenoxy) is 1. The highest BCUT2D eigenvalue weighted by molar-refractivity contribution is 6.03. The van der Waals surface area contributed by atoms with E-state index in [2.05, 4.69) is 0 Å². The molecule has 7 N–H and O–H groups in total. The van der Waals surface area contributed by atoms with Crippen LogP contribution >= 0.6 is 0 Å². The Morgan fingerprint density at radius 3 is 2.43 bits per heavy atom. The lowest BCUT2D eigenvalue weighted by atomic mass is 9.92. The summed E-state index contributed by atoms with van der Waals surface area (Å²) < 4.78 is 12.7. The number of hydrogen-bond acceptors (Lipinski definition) is 6. The lowest BCUT2D eigenvalue weighted by Crippen LogP contribution is -2.55. The van der Waals surface area contributed by atoms with Crippen LogP contribution in [0.2, 0.25) is 0 Å². The highest BCUT2D eigenvalue weighted by atomic mass is 16.5. The van der Waals surface area contributed by atoms with Crippen molar-refractivity contribution >= 4 is 17.8 Å². The largest absolute Gasteiger partial charge is 0.479 e. The Morgan fingerprint density at radius 1 is 1.30 bits per heavy atom. The quantitative estimate of drug-likeness (QED) is 0.352. The summed E-state index contributed by atoms with van der Waals surface area (Å²) in [4.78, 5) is 34.4. The van der Waals surface area contributed by atoms with E-state index < -0.39 is 36.0 Å². The van der Waals surface area contributed by atoms with Gasteiger partial charge >= 0.3 is 11.9 Å². The molecule has 1 aromatic rings. The molecule has 0 bridgehead atoms. The van der Waals surface area contributed by atoms with E-state index in [9.17, 15) is 19.5 Å². The third kappa shape index (κ3) is 5.35. The molecule has 1 amide bonds. The maximum atomic E-state index is 12.1. The topological polar surface area (TPSA) is 159 Å². The van der Waals surface area contributed by atoms with E-state index in [1.807, 2.05) is 0 Å². The normalized spacial score (nSPS) is 16.5. The zero-order valence-corrected chi connectivity index (χ0v) is 12.5. The van der Waals surface area contributed by atoms with Crippen LogP contribution < -0.4 is 17.2 Å². The van der Waals surface area contributed by atoms with Crippen LogP contribution in [0.25, 0.3) is 0 Å². The second-order valence-electron chi connectivity index (χ2n) is 5.11. The maximum Gasteiger partial charge on any atom is 0.338 e. The van der Waals surface area contributed by atoms with E-state index in [-0.39, 0.29) is 19.3 Å². The van der Waals surface area contributed by atoms with Gasteiger partial charge in [0.1, 0.15) is 6.58 Å². The Labute approximate surface area is 135 Å². The minimum Gasteiger partial charge on any atom is -0.479 e. The molecule has 126 valence electrons. The molecular formula is C15H21N3O5. The molecule has 0 aliphatic heterocycles. The van der Waals surface area contributed by atoms with Crippen LogP contribution in [0.15, 0.2) is 30.3 Å². The zero-order chi connectivity index (χ0) is 18.3. The van der Waals surface area contributed by atoms with E-state index in [1.54, 1.807) is 30.3 Å². The highest BCUT2D eigenvalue weighted by Crippen LogP contribution is 2.16. The predicted octanol–water partition coefficient (Wildman–Crippen LogP) is -0.505. The molecule has 0 fully saturated rings. The van der Waals surface area contributed by atoms with Crippen LogP contribution in [-0.2, 0) is 25.7 Å². The number of benzene rings is 1. The lowest BCUT2D eigenvalue weighted by Gasteiger charge is -2.23. The van der Waals surface area contributed by atoms with E-state index in [4.69, 9.17) is 23.3 Å². The highest BCUT2D eigenvalue weighted by Gasteiger charge is 2.43. The number of carboxylic acids is 1. The number of nitrogens with two attached hydrogens (primary N) is 3.